The van der Waals surface area contributed by atoms with Gasteiger partial charge in [-0.05, 0) is 18.2 Å². The number of aliphatic hydroxyl groups excluding tert-OH is 1. The molecule has 1 aliphatic heterocycles. The summed E-state index contributed by atoms with van der Waals surface area (Å²) in [5, 5.41) is 18.8. The van der Waals surface area contributed by atoms with E-state index in [9.17, 15) is 14.7 Å². The van der Waals surface area contributed by atoms with Gasteiger partial charge in [-0.2, -0.15) is 0 Å². The van der Waals surface area contributed by atoms with Crippen LogP contribution in [0.5, 0.6) is 11.5 Å². The third-order valence-corrected chi connectivity index (χ3v) is 3.46. The van der Waals surface area contributed by atoms with Crippen molar-refractivity contribution in [3.63, 3.8) is 0 Å². The fourth-order valence-electron chi connectivity index (χ4n) is 2.41. The quantitative estimate of drug-likeness (QED) is 0.833. The average Bonchev–Trinajstić information content (AvgIpc) is 2.88. The number of amides is 1. The topological polar surface area (TPSA) is 96.3 Å². The summed E-state index contributed by atoms with van der Waals surface area (Å²) in [5.41, 5.74) is 0.206. The maximum Gasteiger partial charge on any atom is 0.326 e. The van der Waals surface area contributed by atoms with E-state index in [1.807, 2.05) is 0 Å². The molecule has 1 amide bonds. The Morgan fingerprint density at radius 3 is 2.57 bits per heavy atom. The van der Waals surface area contributed by atoms with E-state index in [-0.39, 0.29) is 18.5 Å². The van der Waals surface area contributed by atoms with Crippen molar-refractivity contribution in [2.24, 2.45) is 0 Å². The highest BCUT2D eigenvalue weighted by Crippen LogP contribution is 2.28. The molecule has 2 N–H and O–H groups in total. The second-order valence-corrected chi connectivity index (χ2v) is 4.77. The van der Waals surface area contributed by atoms with Gasteiger partial charge in [-0.3, -0.25) is 4.79 Å². The molecule has 21 heavy (non-hydrogen) atoms. The Bertz CT molecular complexity index is 558. The molecular weight excluding hydrogens is 278 g/mol. The summed E-state index contributed by atoms with van der Waals surface area (Å²) in [6.45, 7) is -0.0177. The van der Waals surface area contributed by atoms with E-state index in [1.165, 1.54) is 20.3 Å². The van der Waals surface area contributed by atoms with Crippen LogP contribution in [0.2, 0.25) is 0 Å². The monoisotopic (exact) mass is 295 g/mol. The number of aliphatic carboxylic acids is 1. The zero-order valence-electron chi connectivity index (χ0n) is 11.8. The molecule has 0 aliphatic carbocycles. The Kier molecular flexibility index (Phi) is 4.32. The van der Waals surface area contributed by atoms with E-state index in [2.05, 4.69) is 0 Å². The molecule has 114 valence electrons. The number of β-amino-alcohol motifs (C(OH)–C–C–N with tert-alkyl or cyclic N) is 1. The molecule has 1 aliphatic rings. The number of carboxylic acids is 1. The zero-order chi connectivity index (χ0) is 15.6. The van der Waals surface area contributed by atoms with Gasteiger partial charge >= 0.3 is 5.97 Å². The van der Waals surface area contributed by atoms with Crippen molar-refractivity contribution in [2.75, 3.05) is 20.8 Å². The average molecular weight is 295 g/mol. The van der Waals surface area contributed by atoms with Crippen LogP contribution in [0.1, 0.15) is 16.8 Å². The largest absolute Gasteiger partial charge is 0.497 e. The van der Waals surface area contributed by atoms with Crippen molar-refractivity contribution < 1.29 is 29.3 Å². The van der Waals surface area contributed by atoms with Gasteiger partial charge in [-0.25, -0.2) is 4.79 Å². The molecule has 7 heteroatoms. The standard InChI is InChI=1S/C14H17NO6/c1-20-9-3-4-12(21-2)10(6-9)13(17)15-7-8(16)5-11(15)14(18)19/h3-4,6,8,11,16H,5,7H2,1-2H3,(H,18,19)/t8-,11-/m1/s1. The normalized spacial score (nSPS) is 21.2. The van der Waals surface area contributed by atoms with Crippen molar-refractivity contribution >= 4 is 11.9 Å². The molecule has 0 saturated carbocycles. The van der Waals surface area contributed by atoms with E-state index < -0.39 is 24.0 Å². The molecule has 1 aromatic rings. The molecule has 0 spiro atoms. The number of carbonyl (C=O) groups is 2. The van der Waals surface area contributed by atoms with Crippen molar-refractivity contribution in [3.8, 4) is 11.5 Å². The number of carboxylic acid groups (broad SMARTS) is 1. The maximum absolute atomic E-state index is 12.6. The lowest BCUT2D eigenvalue weighted by Crippen LogP contribution is -2.40. The Hall–Kier alpha value is -2.28. The fourth-order valence-corrected chi connectivity index (χ4v) is 2.41. The number of ether oxygens (including phenoxy) is 2. The maximum atomic E-state index is 12.6. The lowest BCUT2D eigenvalue weighted by atomic mass is 10.1. The summed E-state index contributed by atoms with van der Waals surface area (Å²) in [6.07, 6.45) is -0.820. The van der Waals surface area contributed by atoms with E-state index in [0.717, 1.165) is 4.90 Å². The number of benzene rings is 1. The molecule has 1 saturated heterocycles. The van der Waals surface area contributed by atoms with Gasteiger partial charge in [-0.1, -0.05) is 0 Å². The summed E-state index contributed by atoms with van der Waals surface area (Å²) in [7, 11) is 2.89. The summed E-state index contributed by atoms with van der Waals surface area (Å²) < 4.78 is 10.2. The Balaban J connectivity index is 2.36. The fraction of sp³-hybridized carbons (Fsp3) is 0.429. The number of likely N-dealkylation sites (tertiary alicyclic amines) is 1. The predicted octanol–water partition coefficient (Wildman–Crippen LogP) is 0.364. The number of hydrogen-bond acceptors (Lipinski definition) is 5. The second-order valence-electron chi connectivity index (χ2n) is 4.77. The third-order valence-electron chi connectivity index (χ3n) is 3.46. The Labute approximate surface area is 121 Å². The molecule has 0 radical (unpaired) electrons. The molecule has 1 aromatic carbocycles. The van der Waals surface area contributed by atoms with Gasteiger partial charge in [0, 0.05) is 13.0 Å². The number of methoxy groups -OCH3 is 2. The number of carbonyl (C=O) groups excluding carboxylic acids is 1. The first kappa shape index (κ1) is 15.1. The highest BCUT2D eigenvalue weighted by Gasteiger charge is 2.40. The number of rotatable bonds is 4. The van der Waals surface area contributed by atoms with Crippen molar-refractivity contribution in [3.05, 3.63) is 23.8 Å². The number of hydrogen-bond donors (Lipinski definition) is 2. The Morgan fingerprint density at radius 1 is 1.29 bits per heavy atom. The van der Waals surface area contributed by atoms with Gasteiger partial charge in [0.2, 0.25) is 0 Å². The smallest absolute Gasteiger partial charge is 0.326 e. The minimum atomic E-state index is -1.14. The van der Waals surface area contributed by atoms with Crippen LogP contribution in [0, 0.1) is 0 Å². The van der Waals surface area contributed by atoms with E-state index in [1.54, 1.807) is 12.1 Å². The highest BCUT2D eigenvalue weighted by atomic mass is 16.5. The molecule has 0 bridgehead atoms. The lowest BCUT2D eigenvalue weighted by molar-refractivity contribution is -0.141. The first-order valence-corrected chi connectivity index (χ1v) is 6.41. The van der Waals surface area contributed by atoms with Crippen molar-refractivity contribution in [2.45, 2.75) is 18.6 Å². The van der Waals surface area contributed by atoms with Crippen LogP contribution < -0.4 is 9.47 Å². The first-order chi connectivity index (χ1) is 9.97. The second kappa shape index (κ2) is 6.01. The summed E-state index contributed by atoms with van der Waals surface area (Å²) in [4.78, 5) is 24.9. The summed E-state index contributed by atoms with van der Waals surface area (Å²) in [6, 6.07) is 3.67. The molecule has 7 nitrogen and oxygen atoms in total. The van der Waals surface area contributed by atoms with Crippen LogP contribution >= 0.6 is 0 Å². The molecule has 1 heterocycles. The molecule has 2 atom stereocenters. The van der Waals surface area contributed by atoms with E-state index in [4.69, 9.17) is 14.6 Å². The SMILES string of the molecule is COc1ccc(OC)c(C(=O)N2C[C@H](O)C[C@@H]2C(=O)O)c1. The van der Waals surface area contributed by atoms with Crippen molar-refractivity contribution in [1.82, 2.24) is 4.90 Å². The first-order valence-electron chi connectivity index (χ1n) is 6.41. The predicted molar refractivity (Wildman–Crippen MR) is 72.6 cm³/mol. The lowest BCUT2D eigenvalue weighted by Gasteiger charge is -2.22. The molecule has 2 rings (SSSR count). The van der Waals surface area contributed by atoms with Crippen LogP contribution in [0.4, 0.5) is 0 Å². The minimum Gasteiger partial charge on any atom is -0.497 e. The number of aliphatic hydroxyl groups is 1. The summed E-state index contributed by atoms with van der Waals surface area (Å²) in [5.74, 6) is -0.853. The van der Waals surface area contributed by atoms with E-state index in [0.29, 0.717) is 11.5 Å². The van der Waals surface area contributed by atoms with Crippen LogP contribution in [-0.4, -0.2) is 59.9 Å². The van der Waals surface area contributed by atoms with Gasteiger partial charge in [-0.15, -0.1) is 0 Å². The third kappa shape index (κ3) is 2.92. The zero-order valence-corrected chi connectivity index (χ0v) is 11.8. The van der Waals surface area contributed by atoms with Crippen LogP contribution in [0.15, 0.2) is 18.2 Å². The minimum absolute atomic E-state index is 0.0177. The van der Waals surface area contributed by atoms with Gasteiger partial charge in [0.25, 0.3) is 5.91 Å². The summed E-state index contributed by atoms with van der Waals surface area (Å²) >= 11 is 0. The Morgan fingerprint density at radius 2 is 2.00 bits per heavy atom. The molecule has 1 fully saturated rings. The number of nitrogens with zero attached hydrogens (tertiary/aromatic N) is 1. The van der Waals surface area contributed by atoms with E-state index >= 15 is 0 Å². The van der Waals surface area contributed by atoms with Gasteiger partial charge < -0.3 is 24.6 Å². The van der Waals surface area contributed by atoms with Crippen LogP contribution in [0.25, 0.3) is 0 Å². The van der Waals surface area contributed by atoms with Crippen LogP contribution in [-0.2, 0) is 4.79 Å². The molecular formula is C14H17NO6. The molecule has 0 aromatic heterocycles. The highest BCUT2D eigenvalue weighted by molar-refractivity contribution is 5.99. The molecule has 0 unspecified atom stereocenters. The van der Waals surface area contributed by atoms with Gasteiger partial charge in [0.05, 0.1) is 25.9 Å². The van der Waals surface area contributed by atoms with Gasteiger partial charge in [0.1, 0.15) is 17.5 Å². The van der Waals surface area contributed by atoms with Crippen molar-refractivity contribution in [1.29, 1.82) is 0 Å². The van der Waals surface area contributed by atoms with Gasteiger partial charge in [0.15, 0.2) is 0 Å². The van der Waals surface area contributed by atoms with Crippen LogP contribution in [0.3, 0.4) is 0 Å².